The zero-order valence-electron chi connectivity index (χ0n) is 12.8. The van der Waals surface area contributed by atoms with Crippen molar-refractivity contribution in [2.45, 2.75) is 58.0 Å². The number of aliphatic hydroxyl groups is 1. The topological polar surface area (TPSA) is 38.7 Å². The van der Waals surface area contributed by atoms with Crippen molar-refractivity contribution in [2.24, 2.45) is 11.3 Å². The second-order valence-corrected chi connectivity index (χ2v) is 6.15. The third kappa shape index (κ3) is 3.80. The monoisotopic (exact) mass is 270 g/mol. The number of hydrogen-bond donors (Lipinski definition) is 1. The van der Waals surface area contributed by atoms with Gasteiger partial charge in [-0.05, 0) is 38.0 Å². The van der Waals surface area contributed by atoms with Crippen LogP contribution >= 0.6 is 0 Å². The normalized spacial score (nSPS) is 35.3. The van der Waals surface area contributed by atoms with E-state index < -0.39 is 5.60 Å². The summed E-state index contributed by atoms with van der Waals surface area (Å²) in [5.41, 5.74) is -0.649. The van der Waals surface area contributed by atoms with E-state index in [4.69, 9.17) is 9.47 Å². The van der Waals surface area contributed by atoms with Crippen LogP contribution in [0.5, 0.6) is 0 Å². The van der Waals surface area contributed by atoms with E-state index in [0.29, 0.717) is 19.3 Å². The number of rotatable bonds is 8. The van der Waals surface area contributed by atoms with Crippen LogP contribution in [0.3, 0.4) is 0 Å². The fourth-order valence-corrected chi connectivity index (χ4v) is 3.47. The van der Waals surface area contributed by atoms with Crippen LogP contribution in [0, 0.1) is 11.3 Å². The van der Waals surface area contributed by atoms with E-state index in [1.54, 1.807) is 7.11 Å². The van der Waals surface area contributed by atoms with Crippen molar-refractivity contribution in [1.29, 1.82) is 0 Å². The minimum absolute atomic E-state index is 0.0613. The molecule has 0 bridgehead atoms. The maximum Gasteiger partial charge on any atom is 0.146 e. The molecule has 112 valence electrons. The fraction of sp³-hybridized carbons (Fsp3) is 0.875. The molecule has 3 nitrogen and oxygen atoms in total. The lowest BCUT2D eigenvalue weighted by atomic mass is 9.56. The molecule has 1 N–H and O–H groups in total. The highest BCUT2D eigenvalue weighted by molar-refractivity contribution is 5.04. The van der Waals surface area contributed by atoms with Gasteiger partial charge in [-0.25, -0.2) is 0 Å². The van der Waals surface area contributed by atoms with Crippen molar-refractivity contribution in [3.63, 3.8) is 0 Å². The molecule has 19 heavy (non-hydrogen) atoms. The van der Waals surface area contributed by atoms with Crippen molar-refractivity contribution >= 4 is 0 Å². The van der Waals surface area contributed by atoms with E-state index in [9.17, 15) is 5.11 Å². The predicted molar refractivity (Wildman–Crippen MR) is 77.9 cm³/mol. The van der Waals surface area contributed by atoms with Crippen LogP contribution in [-0.4, -0.2) is 31.2 Å². The van der Waals surface area contributed by atoms with Crippen LogP contribution in [0.15, 0.2) is 12.7 Å². The van der Waals surface area contributed by atoms with Gasteiger partial charge in [-0.15, -0.1) is 6.58 Å². The second-order valence-electron chi connectivity index (χ2n) is 6.15. The van der Waals surface area contributed by atoms with E-state index in [-0.39, 0.29) is 5.41 Å². The molecule has 1 aliphatic carbocycles. The molecule has 0 radical (unpaired) electrons. The maximum atomic E-state index is 11.1. The van der Waals surface area contributed by atoms with Crippen molar-refractivity contribution in [3.8, 4) is 0 Å². The molecule has 0 aromatic rings. The van der Waals surface area contributed by atoms with E-state index in [1.165, 1.54) is 6.42 Å². The first-order chi connectivity index (χ1) is 9.00. The Morgan fingerprint density at radius 3 is 2.84 bits per heavy atom. The molecule has 1 rings (SSSR count). The standard InChI is InChI=1S/C16H30O3/c1-5-9-15(3)14(2)8-6-10-16(15,17)11-7-12-19-13-18-4/h5,14,17H,1,6-13H2,2-4H3/t14-,15+,16-/m0/s1. The van der Waals surface area contributed by atoms with Crippen LogP contribution in [0.4, 0.5) is 0 Å². The molecule has 0 amide bonds. The zero-order valence-corrected chi connectivity index (χ0v) is 12.8. The quantitative estimate of drug-likeness (QED) is 0.417. The summed E-state index contributed by atoms with van der Waals surface area (Å²) < 4.78 is 10.2. The van der Waals surface area contributed by atoms with Crippen molar-refractivity contribution in [2.75, 3.05) is 20.5 Å². The van der Waals surface area contributed by atoms with Crippen LogP contribution in [-0.2, 0) is 9.47 Å². The van der Waals surface area contributed by atoms with E-state index in [0.717, 1.165) is 32.1 Å². The highest BCUT2D eigenvalue weighted by Gasteiger charge is 2.50. The van der Waals surface area contributed by atoms with Gasteiger partial charge in [0, 0.05) is 19.1 Å². The van der Waals surface area contributed by atoms with Gasteiger partial charge in [-0.2, -0.15) is 0 Å². The van der Waals surface area contributed by atoms with Crippen LogP contribution < -0.4 is 0 Å². The van der Waals surface area contributed by atoms with Gasteiger partial charge in [0.05, 0.1) is 5.60 Å². The highest BCUT2D eigenvalue weighted by atomic mass is 16.7. The van der Waals surface area contributed by atoms with E-state index in [2.05, 4.69) is 20.4 Å². The Labute approximate surface area is 118 Å². The Kier molecular flexibility index (Phi) is 6.51. The van der Waals surface area contributed by atoms with Gasteiger partial charge in [-0.1, -0.05) is 26.3 Å². The van der Waals surface area contributed by atoms with Crippen molar-refractivity contribution < 1.29 is 14.6 Å². The highest BCUT2D eigenvalue weighted by Crippen LogP contribution is 2.52. The van der Waals surface area contributed by atoms with E-state index >= 15 is 0 Å². The van der Waals surface area contributed by atoms with Crippen LogP contribution in [0.2, 0.25) is 0 Å². The average Bonchev–Trinajstić information content (AvgIpc) is 2.37. The molecular formula is C16H30O3. The summed E-state index contributed by atoms with van der Waals surface area (Å²) in [4.78, 5) is 0. The van der Waals surface area contributed by atoms with Crippen molar-refractivity contribution in [3.05, 3.63) is 12.7 Å². The summed E-state index contributed by atoms with van der Waals surface area (Å²) in [5, 5.41) is 11.1. The number of ether oxygens (including phenoxy) is 2. The van der Waals surface area contributed by atoms with Gasteiger partial charge in [-0.3, -0.25) is 0 Å². The van der Waals surface area contributed by atoms with Gasteiger partial charge < -0.3 is 14.6 Å². The molecule has 3 heteroatoms. The molecule has 0 saturated heterocycles. The SMILES string of the molecule is C=CC[C@]1(C)[C@@H](C)CCC[C@]1(O)CCCOCOC. The molecule has 0 unspecified atom stereocenters. The molecule has 0 aromatic heterocycles. The Bertz CT molecular complexity index is 279. The second kappa shape index (κ2) is 7.41. The van der Waals surface area contributed by atoms with Gasteiger partial charge in [0.25, 0.3) is 0 Å². The largest absolute Gasteiger partial charge is 0.389 e. The van der Waals surface area contributed by atoms with Crippen LogP contribution in [0.1, 0.15) is 52.4 Å². The molecule has 0 aliphatic heterocycles. The molecule has 1 aliphatic rings. The third-order valence-electron chi connectivity index (χ3n) is 5.03. The summed E-state index contributed by atoms with van der Waals surface area (Å²) in [5.74, 6) is 0.532. The molecule has 0 heterocycles. The molecular weight excluding hydrogens is 240 g/mol. The predicted octanol–water partition coefficient (Wildman–Crippen LogP) is 3.52. The first-order valence-corrected chi connectivity index (χ1v) is 7.40. The lowest BCUT2D eigenvalue weighted by Crippen LogP contribution is -2.52. The zero-order chi connectivity index (χ0) is 14.4. The average molecular weight is 270 g/mol. The Hall–Kier alpha value is -0.380. The lowest BCUT2D eigenvalue weighted by Gasteiger charge is -2.52. The van der Waals surface area contributed by atoms with Crippen LogP contribution in [0.25, 0.3) is 0 Å². The Balaban J connectivity index is 2.60. The minimum atomic E-state index is -0.588. The molecule has 0 spiro atoms. The summed E-state index contributed by atoms with van der Waals surface area (Å²) in [7, 11) is 1.62. The fourth-order valence-electron chi connectivity index (χ4n) is 3.47. The molecule has 1 fully saturated rings. The molecule has 3 atom stereocenters. The first-order valence-electron chi connectivity index (χ1n) is 7.40. The van der Waals surface area contributed by atoms with Gasteiger partial charge in [0.2, 0.25) is 0 Å². The Morgan fingerprint density at radius 2 is 2.21 bits per heavy atom. The van der Waals surface area contributed by atoms with Gasteiger partial charge >= 0.3 is 0 Å². The van der Waals surface area contributed by atoms with Gasteiger partial charge in [0.1, 0.15) is 6.79 Å². The lowest BCUT2D eigenvalue weighted by molar-refractivity contribution is -0.140. The Morgan fingerprint density at radius 1 is 1.47 bits per heavy atom. The van der Waals surface area contributed by atoms with Crippen molar-refractivity contribution in [1.82, 2.24) is 0 Å². The maximum absolute atomic E-state index is 11.1. The third-order valence-corrected chi connectivity index (χ3v) is 5.03. The summed E-state index contributed by atoms with van der Waals surface area (Å²) in [6.07, 6.45) is 7.71. The van der Waals surface area contributed by atoms with E-state index in [1.807, 2.05) is 6.08 Å². The first kappa shape index (κ1) is 16.7. The summed E-state index contributed by atoms with van der Waals surface area (Å²) in [6.45, 7) is 9.32. The minimum Gasteiger partial charge on any atom is -0.389 e. The summed E-state index contributed by atoms with van der Waals surface area (Å²) >= 11 is 0. The molecule has 0 aromatic carbocycles. The summed E-state index contributed by atoms with van der Waals surface area (Å²) in [6, 6.07) is 0. The van der Waals surface area contributed by atoms with Gasteiger partial charge in [0.15, 0.2) is 0 Å². The number of allylic oxidation sites excluding steroid dienone is 1. The smallest absolute Gasteiger partial charge is 0.146 e. The number of hydrogen-bond acceptors (Lipinski definition) is 3. The number of methoxy groups -OCH3 is 1. The molecule has 1 saturated carbocycles.